The summed E-state index contributed by atoms with van der Waals surface area (Å²) >= 11 is 0. The van der Waals surface area contributed by atoms with E-state index >= 15 is 0 Å². The van der Waals surface area contributed by atoms with Crippen LogP contribution < -0.4 is 0 Å². The number of nitriles is 1. The van der Waals surface area contributed by atoms with Gasteiger partial charge < -0.3 is 14.4 Å². The largest absolute Gasteiger partial charge is 0.469 e. The van der Waals surface area contributed by atoms with E-state index in [9.17, 15) is 4.79 Å². The van der Waals surface area contributed by atoms with Crippen molar-refractivity contribution in [2.75, 3.05) is 33.9 Å². The molecular weight excluding hydrogens is 184 g/mol. The van der Waals surface area contributed by atoms with E-state index in [1.165, 1.54) is 12.0 Å². The van der Waals surface area contributed by atoms with Gasteiger partial charge in [-0.25, -0.2) is 0 Å². The Morgan fingerprint density at radius 2 is 2.21 bits per heavy atom. The fourth-order valence-corrected chi connectivity index (χ4v) is 0.990. The molecule has 0 aromatic rings. The lowest BCUT2D eigenvalue weighted by molar-refractivity contribution is -0.145. The van der Waals surface area contributed by atoms with Crippen LogP contribution in [0.25, 0.3) is 0 Å². The highest BCUT2D eigenvalue weighted by Crippen LogP contribution is 2.01. The van der Waals surface area contributed by atoms with Gasteiger partial charge in [-0.3, -0.25) is 4.79 Å². The molecule has 0 N–H and O–H groups in total. The Kier molecular flexibility index (Phi) is 6.50. The quantitative estimate of drug-likeness (QED) is 0.349. The van der Waals surface area contributed by atoms with E-state index in [4.69, 9.17) is 10.00 Å². The molecule has 0 aromatic carbocycles. The molecule has 0 aliphatic carbocycles. The topological polar surface area (TPSA) is 62.6 Å². The highest BCUT2D eigenvalue weighted by atomic mass is 16.5. The molecule has 0 aliphatic heterocycles. The molecule has 0 amide bonds. The Labute approximate surface area is 84.2 Å². The highest BCUT2D eigenvalue weighted by molar-refractivity contribution is 5.72. The summed E-state index contributed by atoms with van der Waals surface area (Å²) < 4.78 is 9.39. The molecular formula is C9H16N2O3. The normalized spacial score (nSPS) is 11.6. The van der Waals surface area contributed by atoms with E-state index in [0.29, 0.717) is 19.7 Å². The van der Waals surface area contributed by atoms with Crippen LogP contribution in [0.3, 0.4) is 0 Å². The summed E-state index contributed by atoms with van der Waals surface area (Å²) in [5, 5.41) is 8.72. The average Bonchev–Trinajstić information content (AvgIpc) is 2.22. The monoisotopic (exact) mass is 200 g/mol. The van der Waals surface area contributed by atoms with Gasteiger partial charge in [-0.1, -0.05) is 6.92 Å². The number of hydrogen-bond donors (Lipinski definition) is 0. The van der Waals surface area contributed by atoms with Crippen molar-refractivity contribution in [3.8, 4) is 6.19 Å². The van der Waals surface area contributed by atoms with Crippen LogP contribution in [0.5, 0.6) is 0 Å². The van der Waals surface area contributed by atoms with Crippen LogP contribution in [0.1, 0.15) is 6.92 Å². The number of rotatable bonds is 6. The zero-order valence-corrected chi connectivity index (χ0v) is 8.82. The number of methoxy groups -OCH3 is 2. The zero-order chi connectivity index (χ0) is 11.0. The van der Waals surface area contributed by atoms with Gasteiger partial charge in [0, 0.05) is 13.7 Å². The molecule has 0 saturated heterocycles. The molecule has 1 unspecified atom stereocenters. The molecule has 14 heavy (non-hydrogen) atoms. The van der Waals surface area contributed by atoms with Crippen molar-refractivity contribution in [1.29, 1.82) is 5.26 Å². The maximum Gasteiger partial charge on any atom is 0.310 e. The predicted molar refractivity (Wildman–Crippen MR) is 50.2 cm³/mol. The number of esters is 1. The second-order valence-electron chi connectivity index (χ2n) is 2.96. The number of carbonyl (C=O) groups is 1. The van der Waals surface area contributed by atoms with E-state index in [0.717, 1.165) is 0 Å². The summed E-state index contributed by atoms with van der Waals surface area (Å²) in [5.41, 5.74) is 0. The summed E-state index contributed by atoms with van der Waals surface area (Å²) in [4.78, 5) is 12.5. The second-order valence-corrected chi connectivity index (χ2v) is 2.96. The zero-order valence-electron chi connectivity index (χ0n) is 8.82. The molecule has 1 atom stereocenters. The smallest absolute Gasteiger partial charge is 0.310 e. The summed E-state index contributed by atoms with van der Waals surface area (Å²) in [5.74, 6) is -0.598. The second kappa shape index (κ2) is 7.15. The van der Waals surface area contributed by atoms with E-state index in [2.05, 4.69) is 4.74 Å². The van der Waals surface area contributed by atoms with Gasteiger partial charge in [0.2, 0.25) is 0 Å². The maximum atomic E-state index is 11.0. The molecule has 0 spiro atoms. The Hall–Kier alpha value is -1.28. The van der Waals surface area contributed by atoms with Gasteiger partial charge in [0.1, 0.15) is 0 Å². The van der Waals surface area contributed by atoms with Gasteiger partial charge in [-0.2, -0.15) is 5.26 Å². The number of carbonyl (C=O) groups excluding carboxylic acids is 1. The van der Waals surface area contributed by atoms with Crippen LogP contribution >= 0.6 is 0 Å². The first-order chi connectivity index (χ1) is 6.65. The Morgan fingerprint density at radius 3 is 2.64 bits per heavy atom. The van der Waals surface area contributed by atoms with E-state index in [1.807, 2.05) is 6.19 Å². The molecule has 0 rings (SSSR count). The lowest BCUT2D eigenvalue weighted by Crippen LogP contribution is -2.31. The fourth-order valence-electron chi connectivity index (χ4n) is 0.990. The molecule has 5 heteroatoms. The predicted octanol–water partition coefficient (Wildman–Crippen LogP) is 0.225. The molecule has 0 bridgehead atoms. The molecule has 80 valence electrons. The van der Waals surface area contributed by atoms with Crippen LogP contribution in [0.2, 0.25) is 0 Å². The lowest BCUT2D eigenvalue weighted by atomic mass is 10.2. The SMILES string of the molecule is COCCN(C#N)CC(C)C(=O)OC. The first kappa shape index (κ1) is 12.7. The summed E-state index contributed by atoms with van der Waals surface area (Å²) in [6.07, 6.45) is 1.99. The van der Waals surface area contributed by atoms with Crippen molar-refractivity contribution >= 4 is 5.97 Å². The maximum absolute atomic E-state index is 11.0. The lowest BCUT2D eigenvalue weighted by Gasteiger charge is -2.18. The van der Waals surface area contributed by atoms with E-state index in [1.54, 1.807) is 14.0 Å². The van der Waals surface area contributed by atoms with Crippen LogP contribution in [-0.4, -0.2) is 44.8 Å². The van der Waals surface area contributed by atoms with Crippen LogP contribution in [0.15, 0.2) is 0 Å². The van der Waals surface area contributed by atoms with Crippen molar-refractivity contribution in [1.82, 2.24) is 4.90 Å². The van der Waals surface area contributed by atoms with Crippen LogP contribution in [0.4, 0.5) is 0 Å². The molecule has 0 heterocycles. The van der Waals surface area contributed by atoms with Gasteiger partial charge in [-0.15, -0.1) is 0 Å². The van der Waals surface area contributed by atoms with Gasteiger partial charge >= 0.3 is 5.97 Å². The fraction of sp³-hybridized carbons (Fsp3) is 0.778. The van der Waals surface area contributed by atoms with Crippen molar-refractivity contribution in [3.63, 3.8) is 0 Å². The van der Waals surface area contributed by atoms with Crippen LogP contribution in [-0.2, 0) is 14.3 Å². The summed E-state index contributed by atoms with van der Waals surface area (Å²) in [7, 11) is 2.91. The molecule has 0 aromatic heterocycles. The third-order valence-electron chi connectivity index (χ3n) is 1.80. The Morgan fingerprint density at radius 1 is 1.57 bits per heavy atom. The minimum absolute atomic E-state index is 0.295. The highest BCUT2D eigenvalue weighted by Gasteiger charge is 2.16. The number of nitrogens with zero attached hydrogens (tertiary/aromatic N) is 2. The first-order valence-electron chi connectivity index (χ1n) is 4.37. The number of hydrogen-bond acceptors (Lipinski definition) is 5. The minimum Gasteiger partial charge on any atom is -0.469 e. The summed E-state index contributed by atoms with van der Waals surface area (Å²) in [6, 6.07) is 0. The Bertz CT molecular complexity index is 213. The molecule has 5 nitrogen and oxygen atoms in total. The molecule has 0 radical (unpaired) electrons. The van der Waals surface area contributed by atoms with Gasteiger partial charge in [0.15, 0.2) is 6.19 Å². The van der Waals surface area contributed by atoms with E-state index < -0.39 is 0 Å². The van der Waals surface area contributed by atoms with Crippen molar-refractivity contribution in [2.24, 2.45) is 5.92 Å². The summed E-state index contributed by atoms with van der Waals surface area (Å²) in [6.45, 7) is 3.06. The van der Waals surface area contributed by atoms with Crippen molar-refractivity contribution < 1.29 is 14.3 Å². The Balaban J connectivity index is 3.93. The van der Waals surface area contributed by atoms with Crippen molar-refractivity contribution in [3.05, 3.63) is 0 Å². The molecule has 0 fully saturated rings. The number of ether oxygens (including phenoxy) is 2. The van der Waals surface area contributed by atoms with E-state index in [-0.39, 0.29) is 11.9 Å². The third kappa shape index (κ3) is 4.67. The van der Waals surface area contributed by atoms with Crippen molar-refractivity contribution in [2.45, 2.75) is 6.92 Å². The average molecular weight is 200 g/mol. The first-order valence-corrected chi connectivity index (χ1v) is 4.37. The molecule has 0 aliphatic rings. The minimum atomic E-state index is -0.303. The third-order valence-corrected chi connectivity index (χ3v) is 1.80. The van der Waals surface area contributed by atoms with Gasteiger partial charge in [-0.05, 0) is 0 Å². The van der Waals surface area contributed by atoms with Gasteiger partial charge in [0.05, 0.1) is 26.2 Å². The van der Waals surface area contributed by atoms with Gasteiger partial charge in [0.25, 0.3) is 0 Å². The van der Waals surface area contributed by atoms with Crippen LogP contribution in [0, 0.1) is 17.4 Å². The standard InChI is InChI=1S/C9H16N2O3/c1-8(9(12)14-3)6-11(7-10)4-5-13-2/h8H,4-6H2,1-3H3. The molecule has 0 saturated carbocycles.